The molecule has 1 amide bonds. The Morgan fingerprint density at radius 3 is 2.62 bits per heavy atom. The van der Waals surface area contributed by atoms with Crippen LogP contribution in [0, 0.1) is 12.8 Å². The molecule has 5 heteroatoms. The summed E-state index contributed by atoms with van der Waals surface area (Å²) in [4.78, 5) is 25.1. The smallest absolute Gasteiger partial charge is 0.335 e. The molecule has 128 valence electrons. The molecular weight excluding hydrogens is 326 g/mol. The average Bonchev–Trinajstić information content (AvgIpc) is 2.77. The van der Waals surface area contributed by atoms with E-state index in [4.69, 9.17) is 16.3 Å². The molecule has 1 aromatic rings. The lowest BCUT2D eigenvalue weighted by Gasteiger charge is -2.36. The number of aryl methyl sites for hydroxylation is 1. The van der Waals surface area contributed by atoms with Gasteiger partial charge in [-0.05, 0) is 63.1 Å². The van der Waals surface area contributed by atoms with Crippen molar-refractivity contribution in [3.8, 4) is 0 Å². The summed E-state index contributed by atoms with van der Waals surface area (Å²) in [7, 11) is 0. The fourth-order valence-electron chi connectivity index (χ4n) is 3.62. The van der Waals surface area contributed by atoms with E-state index in [1.165, 1.54) is 0 Å². The van der Waals surface area contributed by atoms with Crippen molar-refractivity contribution in [3.63, 3.8) is 0 Å². The molecule has 1 fully saturated rings. The van der Waals surface area contributed by atoms with Crippen LogP contribution >= 0.6 is 11.6 Å². The Balaban J connectivity index is 1.91. The minimum Gasteiger partial charge on any atom is -0.451 e. The number of esters is 1. The summed E-state index contributed by atoms with van der Waals surface area (Å²) < 4.78 is 5.68. The minimum absolute atomic E-state index is 0.265. The lowest BCUT2D eigenvalue weighted by Crippen LogP contribution is -2.40. The van der Waals surface area contributed by atoms with E-state index in [2.05, 4.69) is 12.2 Å². The van der Waals surface area contributed by atoms with Gasteiger partial charge in [0.2, 0.25) is 0 Å². The fourth-order valence-corrected chi connectivity index (χ4v) is 3.79. The number of carbonyl (C=O) groups excluding carboxylic acids is 2. The van der Waals surface area contributed by atoms with Crippen molar-refractivity contribution >= 4 is 29.2 Å². The number of anilines is 1. The standard InChI is InChI=1S/C19H22ClNO3/c1-11-6-8-19(9-7-11)16(13(3)18(23)24-19)17(22)21-15-10-14(20)5-4-12(15)2/h4-5,10-11H,6-9H2,1-3H3,(H,21,22). The van der Waals surface area contributed by atoms with Gasteiger partial charge in [-0.1, -0.05) is 24.6 Å². The Morgan fingerprint density at radius 2 is 1.96 bits per heavy atom. The molecule has 0 unspecified atom stereocenters. The van der Waals surface area contributed by atoms with Crippen LogP contribution in [-0.2, 0) is 14.3 Å². The Labute approximate surface area is 147 Å². The molecule has 1 aliphatic heterocycles. The summed E-state index contributed by atoms with van der Waals surface area (Å²) >= 11 is 6.03. The van der Waals surface area contributed by atoms with Crippen LogP contribution in [-0.4, -0.2) is 17.5 Å². The van der Waals surface area contributed by atoms with E-state index in [9.17, 15) is 9.59 Å². The Kier molecular flexibility index (Phi) is 4.43. The van der Waals surface area contributed by atoms with E-state index in [0.29, 0.717) is 40.6 Å². The molecule has 1 aromatic carbocycles. The summed E-state index contributed by atoms with van der Waals surface area (Å²) in [6, 6.07) is 5.36. The van der Waals surface area contributed by atoms with Gasteiger partial charge in [0.15, 0.2) is 0 Å². The third-order valence-electron chi connectivity index (χ3n) is 5.18. The summed E-state index contributed by atoms with van der Waals surface area (Å²) in [6.07, 6.45) is 3.31. The number of benzene rings is 1. The Hall–Kier alpha value is -1.81. The topological polar surface area (TPSA) is 55.4 Å². The minimum atomic E-state index is -0.760. The molecule has 1 aliphatic carbocycles. The van der Waals surface area contributed by atoms with Gasteiger partial charge in [0.25, 0.3) is 5.91 Å². The zero-order chi connectivity index (χ0) is 17.5. The second-order valence-electron chi connectivity index (χ2n) is 6.98. The summed E-state index contributed by atoms with van der Waals surface area (Å²) in [5, 5.41) is 3.47. The van der Waals surface area contributed by atoms with Gasteiger partial charge in [-0.25, -0.2) is 4.79 Å². The predicted octanol–water partition coefficient (Wildman–Crippen LogP) is 4.41. The van der Waals surface area contributed by atoms with E-state index in [0.717, 1.165) is 18.4 Å². The van der Waals surface area contributed by atoms with Gasteiger partial charge in [-0.3, -0.25) is 4.79 Å². The van der Waals surface area contributed by atoms with Crippen molar-refractivity contribution in [1.29, 1.82) is 0 Å². The van der Waals surface area contributed by atoms with Crippen molar-refractivity contribution in [3.05, 3.63) is 39.9 Å². The second kappa shape index (κ2) is 6.25. The fraction of sp³-hybridized carbons (Fsp3) is 0.474. The number of halogens is 1. The normalized spacial score (nSPS) is 26.7. The first-order valence-electron chi connectivity index (χ1n) is 8.34. The lowest BCUT2D eigenvalue weighted by molar-refractivity contribution is -0.150. The van der Waals surface area contributed by atoms with Gasteiger partial charge in [-0.15, -0.1) is 0 Å². The van der Waals surface area contributed by atoms with Crippen molar-refractivity contribution in [2.45, 2.75) is 52.1 Å². The highest BCUT2D eigenvalue weighted by molar-refractivity contribution is 6.31. The third kappa shape index (κ3) is 2.95. The predicted molar refractivity (Wildman–Crippen MR) is 94.0 cm³/mol. The highest BCUT2D eigenvalue weighted by Gasteiger charge is 2.50. The maximum Gasteiger partial charge on any atom is 0.335 e. The van der Waals surface area contributed by atoms with Gasteiger partial charge in [0.05, 0.1) is 5.57 Å². The molecule has 1 heterocycles. The maximum atomic E-state index is 12.9. The van der Waals surface area contributed by atoms with Crippen LogP contribution in [0.25, 0.3) is 0 Å². The molecule has 0 bridgehead atoms. The maximum absolute atomic E-state index is 12.9. The Morgan fingerprint density at radius 1 is 1.29 bits per heavy atom. The van der Waals surface area contributed by atoms with E-state index >= 15 is 0 Å². The molecule has 0 saturated heterocycles. The first-order valence-corrected chi connectivity index (χ1v) is 8.72. The molecule has 3 rings (SSSR count). The van der Waals surface area contributed by atoms with Crippen LogP contribution in [0.3, 0.4) is 0 Å². The molecule has 0 atom stereocenters. The average molecular weight is 348 g/mol. The van der Waals surface area contributed by atoms with E-state index in [1.807, 2.05) is 13.0 Å². The Bertz CT molecular complexity index is 730. The largest absolute Gasteiger partial charge is 0.451 e. The van der Waals surface area contributed by atoms with Crippen molar-refractivity contribution < 1.29 is 14.3 Å². The number of hydrogen-bond acceptors (Lipinski definition) is 3. The van der Waals surface area contributed by atoms with Crippen molar-refractivity contribution in [2.75, 3.05) is 5.32 Å². The number of nitrogens with one attached hydrogen (secondary N) is 1. The SMILES string of the molecule is CC1=C(C(=O)Nc2cc(Cl)ccc2C)C2(CCC(C)CC2)OC1=O. The quantitative estimate of drug-likeness (QED) is 0.806. The molecule has 0 radical (unpaired) electrons. The zero-order valence-corrected chi connectivity index (χ0v) is 15.0. The molecule has 24 heavy (non-hydrogen) atoms. The van der Waals surface area contributed by atoms with Crippen LogP contribution in [0.15, 0.2) is 29.3 Å². The molecule has 1 N–H and O–H groups in total. The number of ether oxygens (including phenoxy) is 1. The first kappa shape index (κ1) is 17.0. The summed E-state index contributed by atoms with van der Waals surface area (Å²) in [6.45, 7) is 5.77. The molecule has 1 spiro atoms. The van der Waals surface area contributed by atoms with Crippen LogP contribution in [0.2, 0.25) is 5.02 Å². The molecule has 4 nitrogen and oxygen atoms in total. The van der Waals surface area contributed by atoms with E-state index in [1.54, 1.807) is 19.1 Å². The number of amides is 1. The third-order valence-corrected chi connectivity index (χ3v) is 5.42. The first-order chi connectivity index (χ1) is 11.3. The molecular formula is C19H22ClNO3. The molecule has 2 aliphatic rings. The summed E-state index contributed by atoms with van der Waals surface area (Å²) in [5.74, 6) is -0.0505. The van der Waals surface area contributed by atoms with E-state index < -0.39 is 5.60 Å². The number of rotatable bonds is 2. The van der Waals surface area contributed by atoms with Crippen LogP contribution < -0.4 is 5.32 Å². The van der Waals surface area contributed by atoms with Gasteiger partial charge in [-0.2, -0.15) is 0 Å². The molecule has 1 saturated carbocycles. The van der Waals surface area contributed by atoms with Crippen LogP contribution in [0.1, 0.15) is 45.1 Å². The summed E-state index contributed by atoms with van der Waals surface area (Å²) in [5.41, 5.74) is 1.72. The highest BCUT2D eigenvalue weighted by atomic mass is 35.5. The second-order valence-corrected chi connectivity index (χ2v) is 7.42. The van der Waals surface area contributed by atoms with Crippen LogP contribution in [0.4, 0.5) is 5.69 Å². The van der Waals surface area contributed by atoms with Gasteiger partial charge < -0.3 is 10.1 Å². The zero-order valence-electron chi connectivity index (χ0n) is 14.2. The van der Waals surface area contributed by atoms with E-state index in [-0.39, 0.29) is 11.9 Å². The van der Waals surface area contributed by atoms with Gasteiger partial charge >= 0.3 is 5.97 Å². The van der Waals surface area contributed by atoms with Crippen molar-refractivity contribution in [1.82, 2.24) is 0 Å². The molecule has 0 aromatic heterocycles. The number of hydrogen-bond donors (Lipinski definition) is 1. The van der Waals surface area contributed by atoms with Crippen molar-refractivity contribution in [2.24, 2.45) is 5.92 Å². The van der Waals surface area contributed by atoms with Gasteiger partial charge in [0, 0.05) is 16.3 Å². The highest BCUT2D eigenvalue weighted by Crippen LogP contribution is 2.45. The van der Waals surface area contributed by atoms with Gasteiger partial charge in [0.1, 0.15) is 5.60 Å². The van der Waals surface area contributed by atoms with Crippen LogP contribution in [0.5, 0.6) is 0 Å². The monoisotopic (exact) mass is 347 g/mol. The lowest BCUT2D eigenvalue weighted by atomic mass is 9.75. The number of carbonyl (C=O) groups is 2.